The molecule has 290 valence electrons. The average molecular weight is 739 g/mol. The number of rotatable bonds is 9. The third-order valence-corrected chi connectivity index (χ3v) is 18.8. The normalized spacial score (nSPS) is 41.5. The van der Waals surface area contributed by atoms with Crippen LogP contribution in [-0.2, 0) is 0 Å². The molecule has 1 aliphatic heterocycles. The molecule has 0 radical (unpaired) electrons. The van der Waals surface area contributed by atoms with Crippen LogP contribution in [0.2, 0.25) is 0 Å². The number of aromatic carboxylic acids is 1. The van der Waals surface area contributed by atoms with E-state index in [1.807, 2.05) is 0 Å². The van der Waals surface area contributed by atoms with Crippen molar-refractivity contribution in [3.05, 3.63) is 53.4 Å². The Morgan fingerprint density at radius 3 is 2.38 bits per heavy atom. The monoisotopic (exact) mass is 738 g/mol. The summed E-state index contributed by atoms with van der Waals surface area (Å²) >= 11 is 0. The first-order valence-corrected chi connectivity index (χ1v) is 22.3. The zero-order valence-electron chi connectivity index (χ0n) is 32.9. The van der Waals surface area contributed by atoms with Crippen LogP contribution in [0.25, 0.3) is 5.57 Å². The molecule has 6 nitrogen and oxygen atoms in total. The predicted molar refractivity (Wildman–Crippen MR) is 212 cm³/mol. The van der Waals surface area contributed by atoms with Crippen molar-refractivity contribution < 1.29 is 23.4 Å². The lowest BCUT2D eigenvalue weighted by Crippen LogP contribution is -2.65. The van der Waals surface area contributed by atoms with Crippen LogP contribution in [0, 0.1) is 62.5 Å². The van der Waals surface area contributed by atoms with Crippen molar-refractivity contribution in [2.45, 2.75) is 106 Å². The van der Waals surface area contributed by atoms with Crippen molar-refractivity contribution in [3.63, 3.8) is 0 Å². The van der Waals surface area contributed by atoms with Crippen LogP contribution < -0.4 is 5.32 Å². The van der Waals surface area contributed by atoms with E-state index in [1.165, 1.54) is 56.6 Å². The highest BCUT2D eigenvalue weighted by molar-refractivity contribution is 8.24. The van der Waals surface area contributed by atoms with Crippen LogP contribution in [0.4, 0.5) is 4.39 Å². The van der Waals surface area contributed by atoms with E-state index in [1.54, 1.807) is 12.1 Å². The summed E-state index contributed by atoms with van der Waals surface area (Å²) in [6.45, 7) is 24.2. The molecule has 1 aromatic carbocycles. The number of fused-ring (bicyclic) bond motifs is 7. The molecule has 6 aliphatic rings. The van der Waals surface area contributed by atoms with Gasteiger partial charge in [0.2, 0.25) is 0 Å². The number of carboxylic acids is 1. The number of hydrogen-bond acceptors (Lipinski definition) is 5. The molecule has 5 aliphatic carbocycles. The van der Waals surface area contributed by atoms with Crippen LogP contribution in [0.3, 0.4) is 0 Å². The molecule has 1 saturated heterocycles. The van der Waals surface area contributed by atoms with Crippen molar-refractivity contribution >= 4 is 22.1 Å². The largest absolute Gasteiger partial charge is 0.478 e. The van der Waals surface area contributed by atoms with E-state index in [9.17, 15) is 19.0 Å². The third-order valence-electron chi connectivity index (χ3n) is 17.1. The Morgan fingerprint density at radius 1 is 0.981 bits per heavy atom. The second-order valence-electron chi connectivity index (χ2n) is 19.7. The zero-order chi connectivity index (χ0) is 37.5. The number of nitrogens with one attached hydrogen (secondary N) is 1. The van der Waals surface area contributed by atoms with Crippen molar-refractivity contribution in [1.82, 2.24) is 10.2 Å². The van der Waals surface area contributed by atoms with E-state index in [0.29, 0.717) is 52.1 Å². The van der Waals surface area contributed by atoms with Gasteiger partial charge in [0, 0.05) is 25.2 Å². The van der Waals surface area contributed by atoms with Crippen molar-refractivity contribution in [2.75, 3.05) is 44.2 Å². The molecule has 9 atom stereocenters. The molecule has 4 saturated carbocycles. The van der Waals surface area contributed by atoms with Gasteiger partial charge in [-0.3, -0.25) is 9.11 Å². The lowest BCUT2D eigenvalue weighted by Gasteiger charge is -2.72. The predicted octanol–water partition coefficient (Wildman–Crippen LogP) is 10.2. The SMILES string of the molecule is C=C(C)[C@@H]1CC[C@]2(CNCCCN3CCS(O)(O)CC3)CC[C@]3(C)[C@H](CC[C@@H]4[C@@]5(C)CC=C(c6ccc(C(=O)O)cc6F)C(C)(C)[C@@H]5CC[C@]43C)[C@@H]12. The van der Waals surface area contributed by atoms with Gasteiger partial charge in [-0.05, 0) is 159 Å². The van der Waals surface area contributed by atoms with Gasteiger partial charge in [-0.1, -0.05) is 58.9 Å². The molecule has 52 heavy (non-hydrogen) atoms. The lowest BCUT2D eigenvalue weighted by molar-refractivity contribution is -0.225. The van der Waals surface area contributed by atoms with Gasteiger partial charge in [0.25, 0.3) is 0 Å². The minimum atomic E-state index is -2.34. The first kappa shape index (κ1) is 38.6. The van der Waals surface area contributed by atoms with Crippen LogP contribution in [0.1, 0.15) is 122 Å². The molecule has 0 amide bonds. The highest BCUT2D eigenvalue weighted by atomic mass is 32.3. The molecule has 0 spiro atoms. The molecule has 0 bridgehead atoms. The van der Waals surface area contributed by atoms with Gasteiger partial charge < -0.3 is 15.3 Å². The van der Waals surface area contributed by atoms with Gasteiger partial charge in [0.1, 0.15) is 5.82 Å². The Morgan fingerprint density at radius 2 is 1.71 bits per heavy atom. The first-order valence-electron chi connectivity index (χ1n) is 20.4. The number of halogens is 1. The van der Waals surface area contributed by atoms with Crippen molar-refractivity contribution in [2.24, 2.45) is 56.7 Å². The number of nitrogens with zero attached hydrogens (tertiary/aromatic N) is 1. The summed E-state index contributed by atoms with van der Waals surface area (Å²) in [6.07, 6.45) is 14.4. The number of allylic oxidation sites excluding steroid dienone is 3. The van der Waals surface area contributed by atoms with Crippen molar-refractivity contribution in [1.29, 1.82) is 0 Å². The zero-order valence-corrected chi connectivity index (χ0v) is 33.7. The Bertz CT molecular complexity index is 1600. The summed E-state index contributed by atoms with van der Waals surface area (Å²) in [6, 6.07) is 4.45. The van der Waals surface area contributed by atoms with E-state index >= 15 is 4.39 Å². The Kier molecular flexibility index (Phi) is 10.0. The molecule has 1 aromatic rings. The number of carboxylic acid groups (broad SMARTS) is 1. The van der Waals surface area contributed by atoms with E-state index in [4.69, 9.17) is 0 Å². The quantitative estimate of drug-likeness (QED) is 0.149. The second-order valence-corrected chi connectivity index (χ2v) is 22.1. The van der Waals surface area contributed by atoms with E-state index in [-0.39, 0.29) is 27.2 Å². The summed E-state index contributed by atoms with van der Waals surface area (Å²) in [5.74, 6) is 2.50. The topological polar surface area (TPSA) is 93.0 Å². The van der Waals surface area contributed by atoms with Gasteiger partial charge >= 0.3 is 5.97 Å². The van der Waals surface area contributed by atoms with E-state index in [2.05, 4.69) is 64.4 Å². The smallest absolute Gasteiger partial charge is 0.335 e. The molecule has 5 fully saturated rings. The third kappa shape index (κ3) is 6.08. The molecule has 0 aromatic heterocycles. The van der Waals surface area contributed by atoms with Crippen LogP contribution in [0.15, 0.2) is 36.4 Å². The molecule has 1 heterocycles. The summed E-state index contributed by atoms with van der Waals surface area (Å²) in [7, 11) is -2.34. The Hall–Kier alpha value is -1.71. The maximum Gasteiger partial charge on any atom is 0.335 e. The minimum absolute atomic E-state index is 0.0000247. The van der Waals surface area contributed by atoms with Crippen LogP contribution >= 0.6 is 10.6 Å². The number of carbonyl (C=O) groups is 1. The van der Waals surface area contributed by atoms with Gasteiger partial charge in [-0.15, -0.1) is 0 Å². The lowest BCUT2D eigenvalue weighted by atomic mass is 9.32. The van der Waals surface area contributed by atoms with Crippen LogP contribution in [0.5, 0.6) is 0 Å². The summed E-state index contributed by atoms with van der Waals surface area (Å²) in [5.41, 5.74) is 3.71. The fraction of sp³-hybridized carbons (Fsp3) is 0.750. The molecular formula is C44H67FN2O4S. The Labute approximate surface area is 314 Å². The van der Waals surface area contributed by atoms with E-state index < -0.39 is 22.4 Å². The fourth-order valence-electron chi connectivity index (χ4n) is 14.3. The fourth-order valence-corrected chi connectivity index (χ4v) is 15.6. The first-order chi connectivity index (χ1) is 24.4. The highest BCUT2D eigenvalue weighted by Gasteiger charge is 2.70. The van der Waals surface area contributed by atoms with Gasteiger partial charge in [-0.25, -0.2) is 9.18 Å². The molecule has 8 heteroatoms. The van der Waals surface area contributed by atoms with Gasteiger partial charge in [0.05, 0.1) is 17.1 Å². The molecule has 0 unspecified atom stereocenters. The van der Waals surface area contributed by atoms with Crippen LogP contribution in [-0.4, -0.2) is 69.3 Å². The summed E-state index contributed by atoms with van der Waals surface area (Å²) in [4.78, 5) is 13.9. The molecule has 4 N–H and O–H groups in total. The minimum Gasteiger partial charge on any atom is -0.478 e. The highest BCUT2D eigenvalue weighted by Crippen LogP contribution is 2.77. The van der Waals surface area contributed by atoms with Crippen molar-refractivity contribution in [3.8, 4) is 0 Å². The second kappa shape index (κ2) is 13.5. The maximum absolute atomic E-state index is 15.5. The van der Waals surface area contributed by atoms with Gasteiger partial charge in [-0.2, -0.15) is 10.6 Å². The van der Waals surface area contributed by atoms with Gasteiger partial charge in [0.15, 0.2) is 0 Å². The molecular weight excluding hydrogens is 672 g/mol. The number of hydrogen-bond donors (Lipinski definition) is 4. The number of benzene rings is 1. The Balaban J connectivity index is 1.10. The maximum atomic E-state index is 15.5. The summed E-state index contributed by atoms with van der Waals surface area (Å²) < 4.78 is 35.5. The summed E-state index contributed by atoms with van der Waals surface area (Å²) in [5, 5.41) is 13.4. The van der Waals surface area contributed by atoms with E-state index in [0.717, 1.165) is 57.6 Å². The standard InChI is InChI=1S/C44H67FN2O4S/c1-29(2)31-13-18-44(28-46-21-8-22-47-23-25-52(50,51)26-24-47)20-19-42(6)34(38(31)44)11-12-37-41(5)16-14-33(32-10-9-30(39(48)49)27-35(32)45)40(3,4)36(41)15-17-43(37,42)7/h9-10,14,27,31,34,36-38,46,50-51H,1,8,11-13,15-26,28H2,2-7H3,(H,48,49)/t31-,34+,36-,37+,38+,41-,42+,43+,44+/m0/s1. The average Bonchev–Trinajstić information content (AvgIpc) is 3.46. The molecule has 7 rings (SSSR count).